The Morgan fingerprint density at radius 1 is 1.29 bits per heavy atom. The molecule has 7 nitrogen and oxygen atoms in total. The molecular formula is C13H8ClNO6. The molecule has 1 heterocycles. The normalized spacial score (nSPS) is 11.4. The van der Waals surface area contributed by atoms with Gasteiger partial charge in [-0.2, -0.15) is 0 Å². The second kappa shape index (κ2) is 5.68. The smallest absolute Gasteiger partial charge is 0.352 e. The highest BCUT2D eigenvalue weighted by Crippen LogP contribution is 2.19. The van der Waals surface area contributed by atoms with E-state index in [1.807, 2.05) is 0 Å². The Labute approximate surface area is 122 Å². The molecule has 0 atom stereocenters. The molecule has 0 fully saturated rings. The summed E-state index contributed by atoms with van der Waals surface area (Å²) >= 11 is 5.78. The first-order valence-corrected chi connectivity index (χ1v) is 5.92. The third-order valence-electron chi connectivity index (χ3n) is 2.50. The number of anilines is 1. The van der Waals surface area contributed by atoms with E-state index in [0.717, 1.165) is 6.26 Å². The maximum Gasteiger partial charge on any atom is 0.352 e. The molecule has 2 rings (SSSR count). The number of halogens is 1. The first kappa shape index (κ1) is 14.6. The molecule has 0 spiro atoms. The fourth-order valence-corrected chi connectivity index (χ4v) is 1.78. The van der Waals surface area contributed by atoms with Crippen molar-refractivity contribution in [2.75, 3.05) is 5.32 Å². The van der Waals surface area contributed by atoms with Crippen molar-refractivity contribution in [1.82, 2.24) is 0 Å². The van der Waals surface area contributed by atoms with Gasteiger partial charge in [0.15, 0.2) is 0 Å². The highest BCUT2D eigenvalue weighted by molar-refractivity contribution is 6.31. The van der Waals surface area contributed by atoms with Gasteiger partial charge in [0, 0.05) is 5.02 Å². The SMILES string of the molecule is O=C(O)C=C(Nc1coc2ccc(Cl)cc2c1=O)C(=O)O. The number of carboxylic acids is 2. The zero-order valence-corrected chi connectivity index (χ0v) is 11.0. The van der Waals surface area contributed by atoms with E-state index in [9.17, 15) is 14.4 Å². The molecule has 3 N–H and O–H groups in total. The van der Waals surface area contributed by atoms with Crippen LogP contribution in [0.2, 0.25) is 5.02 Å². The van der Waals surface area contributed by atoms with Crippen LogP contribution >= 0.6 is 11.6 Å². The molecule has 0 saturated carbocycles. The molecule has 1 aromatic heterocycles. The number of fused-ring (bicyclic) bond motifs is 1. The van der Waals surface area contributed by atoms with Crippen molar-refractivity contribution >= 4 is 40.2 Å². The molecule has 0 aliphatic heterocycles. The number of rotatable bonds is 4. The summed E-state index contributed by atoms with van der Waals surface area (Å²) in [4.78, 5) is 33.6. The largest absolute Gasteiger partial charge is 0.478 e. The molecule has 2 aromatic rings. The highest BCUT2D eigenvalue weighted by Gasteiger charge is 2.14. The first-order chi connectivity index (χ1) is 9.88. The Balaban J connectivity index is 2.52. The summed E-state index contributed by atoms with van der Waals surface area (Å²) in [5.41, 5.74) is -1.17. The third-order valence-corrected chi connectivity index (χ3v) is 2.74. The van der Waals surface area contributed by atoms with Crippen molar-refractivity contribution in [3.63, 3.8) is 0 Å². The summed E-state index contributed by atoms with van der Waals surface area (Å²) in [5, 5.41) is 20.2. The summed E-state index contributed by atoms with van der Waals surface area (Å²) in [6, 6.07) is 4.40. The molecule has 1 aromatic carbocycles. The van der Waals surface area contributed by atoms with Crippen molar-refractivity contribution in [3.05, 3.63) is 51.5 Å². The van der Waals surface area contributed by atoms with Crippen LogP contribution in [0.1, 0.15) is 0 Å². The van der Waals surface area contributed by atoms with E-state index in [4.69, 9.17) is 26.2 Å². The lowest BCUT2D eigenvalue weighted by Crippen LogP contribution is -2.17. The molecular weight excluding hydrogens is 302 g/mol. The van der Waals surface area contributed by atoms with Gasteiger partial charge in [-0.05, 0) is 18.2 Å². The third kappa shape index (κ3) is 3.21. The molecule has 0 radical (unpaired) electrons. The molecule has 8 heteroatoms. The number of hydrogen-bond acceptors (Lipinski definition) is 5. The fourth-order valence-electron chi connectivity index (χ4n) is 1.61. The topological polar surface area (TPSA) is 117 Å². The standard InChI is InChI=1S/C13H8ClNO6/c14-6-1-2-10-7(3-6)12(18)9(5-21-10)15-8(13(19)20)4-11(16)17/h1-5,15H,(H,16,17)(H,19,20). The van der Waals surface area contributed by atoms with E-state index >= 15 is 0 Å². The van der Waals surface area contributed by atoms with Gasteiger partial charge in [-0.1, -0.05) is 11.6 Å². The Morgan fingerprint density at radius 3 is 2.62 bits per heavy atom. The van der Waals surface area contributed by atoms with Crippen LogP contribution in [0.4, 0.5) is 5.69 Å². The van der Waals surface area contributed by atoms with Crippen molar-refractivity contribution in [1.29, 1.82) is 0 Å². The van der Waals surface area contributed by atoms with Crippen LogP contribution in [0.5, 0.6) is 0 Å². The van der Waals surface area contributed by atoms with Gasteiger partial charge in [0.25, 0.3) is 0 Å². The minimum Gasteiger partial charge on any atom is -0.478 e. The molecule has 21 heavy (non-hydrogen) atoms. The van der Waals surface area contributed by atoms with Crippen LogP contribution in [-0.2, 0) is 9.59 Å². The van der Waals surface area contributed by atoms with Crippen LogP contribution in [0.15, 0.2) is 45.4 Å². The Kier molecular flexibility index (Phi) is 3.95. The van der Waals surface area contributed by atoms with Gasteiger partial charge in [0.05, 0.1) is 11.5 Å². The van der Waals surface area contributed by atoms with Crippen LogP contribution < -0.4 is 10.7 Å². The number of hydrogen-bond donors (Lipinski definition) is 3. The van der Waals surface area contributed by atoms with Gasteiger partial charge in [-0.25, -0.2) is 9.59 Å². The summed E-state index contributed by atoms with van der Waals surface area (Å²) in [6.45, 7) is 0. The number of benzene rings is 1. The van der Waals surface area contributed by atoms with E-state index in [1.165, 1.54) is 18.2 Å². The van der Waals surface area contributed by atoms with Crippen molar-refractivity contribution in [3.8, 4) is 0 Å². The van der Waals surface area contributed by atoms with Gasteiger partial charge in [0.2, 0.25) is 5.43 Å². The maximum absolute atomic E-state index is 12.2. The predicted molar refractivity (Wildman–Crippen MR) is 74.5 cm³/mol. The van der Waals surface area contributed by atoms with Crippen LogP contribution in [0, 0.1) is 0 Å². The number of carboxylic acid groups (broad SMARTS) is 2. The number of nitrogens with one attached hydrogen (secondary N) is 1. The second-order valence-corrected chi connectivity index (χ2v) is 4.38. The summed E-state index contributed by atoms with van der Waals surface area (Å²) < 4.78 is 5.18. The molecule has 0 bridgehead atoms. The summed E-state index contributed by atoms with van der Waals surface area (Å²) in [7, 11) is 0. The lowest BCUT2D eigenvalue weighted by Gasteiger charge is -2.06. The lowest BCUT2D eigenvalue weighted by atomic mass is 10.2. The molecule has 0 aliphatic rings. The van der Waals surface area contributed by atoms with Gasteiger partial charge < -0.3 is 19.9 Å². The molecule has 0 amide bonds. The van der Waals surface area contributed by atoms with E-state index in [1.54, 1.807) is 0 Å². The lowest BCUT2D eigenvalue weighted by molar-refractivity contribution is -0.134. The zero-order valence-electron chi connectivity index (χ0n) is 10.3. The Morgan fingerprint density at radius 2 is 2.00 bits per heavy atom. The minimum absolute atomic E-state index is 0.146. The van der Waals surface area contributed by atoms with Crippen LogP contribution in [-0.4, -0.2) is 22.2 Å². The summed E-state index contributed by atoms with van der Waals surface area (Å²) in [6.07, 6.45) is 1.45. The average Bonchev–Trinajstić information content (AvgIpc) is 2.41. The van der Waals surface area contributed by atoms with Crippen molar-refractivity contribution < 1.29 is 24.2 Å². The summed E-state index contributed by atoms with van der Waals surface area (Å²) in [5.74, 6) is -2.99. The molecule has 0 unspecified atom stereocenters. The van der Waals surface area contributed by atoms with E-state index in [0.29, 0.717) is 11.1 Å². The van der Waals surface area contributed by atoms with E-state index in [2.05, 4.69) is 5.32 Å². The van der Waals surface area contributed by atoms with Crippen molar-refractivity contribution in [2.45, 2.75) is 0 Å². The monoisotopic (exact) mass is 309 g/mol. The Bertz CT molecular complexity index is 823. The molecule has 108 valence electrons. The fraction of sp³-hybridized carbons (Fsp3) is 0. The van der Waals surface area contributed by atoms with Gasteiger partial charge >= 0.3 is 11.9 Å². The maximum atomic E-state index is 12.2. The minimum atomic E-state index is -1.53. The first-order valence-electron chi connectivity index (χ1n) is 5.54. The van der Waals surface area contributed by atoms with Crippen molar-refractivity contribution in [2.24, 2.45) is 0 Å². The zero-order chi connectivity index (χ0) is 15.6. The van der Waals surface area contributed by atoms with E-state index < -0.39 is 23.1 Å². The highest BCUT2D eigenvalue weighted by atomic mass is 35.5. The molecule has 0 aliphatic carbocycles. The number of aliphatic carboxylic acids is 2. The van der Waals surface area contributed by atoms with E-state index in [-0.39, 0.29) is 16.7 Å². The quantitative estimate of drug-likeness (QED) is 0.738. The Hall–Kier alpha value is -2.80. The van der Waals surface area contributed by atoms with Crippen LogP contribution in [0.25, 0.3) is 11.0 Å². The number of carbonyl (C=O) groups is 2. The van der Waals surface area contributed by atoms with Gasteiger partial charge in [-0.15, -0.1) is 0 Å². The molecule has 0 saturated heterocycles. The average molecular weight is 310 g/mol. The van der Waals surface area contributed by atoms with Gasteiger partial charge in [0.1, 0.15) is 23.2 Å². The van der Waals surface area contributed by atoms with Gasteiger partial charge in [-0.3, -0.25) is 4.79 Å². The predicted octanol–water partition coefficient (Wildman–Crippen LogP) is 1.91. The van der Waals surface area contributed by atoms with Crippen LogP contribution in [0.3, 0.4) is 0 Å². The second-order valence-electron chi connectivity index (χ2n) is 3.95.